The number of aryl methyl sites for hydroxylation is 2. The SMILES string of the molecule is O=C(O)[C@@H](c1ccccc1)[C@@H](CCCCCCCCC/C=C\CCc1cccnc1)NCCCCCCCCCCCCCc1cccnc1. The summed E-state index contributed by atoms with van der Waals surface area (Å²) < 4.78 is 0. The molecule has 0 spiro atoms. The van der Waals surface area contributed by atoms with Gasteiger partial charge in [-0.3, -0.25) is 14.8 Å². The van der Waals surface area contributed by atoms with E-state index < -0.39 is 11.9 Å². The Bertz CT molecular complexity index is 1230. The van der Waals surface area contributed by atoms with Crippen LogP contribution in [0, 0.1) is 0 Å². The van der Waals surface area contributed by atoms with E-state index in [4.69, 9.17) is 0 Å². The zero-order chi connectivity index (χ0) is 35.2. The van der Waals surface area contributed by atoms with E-state index in [1.165, 1.54) is 120 Å². The molecule has 3 aromatic rings. The highest BCUT2D eigenvalue weighted by molar-refractivity contribution is 5.77. The van der Waals surface area contributed by atoms with Crippen LogP contribution in [0.25, 0.3) is 0 Å². The quantitative estimate of drug-likeness (QED) is 0.0522. The number of hydrogen-bond acceptors (Lipinski definition) is 4. The minimum atomic E-state index is -0.715. The molecule has 0 aliphatic carbocycles. The predicted molar refractivity (Wildman–Crippen MR) is 211 cm³/mol. The first-order valence-corrected chi connectivity index (χ1v) is 20.2. The van der Waals surface area contributed by atoms with Gasteiger partial charge in [0.15, 0.2) is 0 Å². The lowest BCUT2D eigenvalue weighted by atomic mass is 9.88. The van der Waals surface area contributed by atoms with E-state index >= 15 is 0 Å². The van der Waals surface area contributed by atoms with E-state index in [2.05, 4.69) is 39.6 Å². The van der Waals surface area contributed by atoms with Gasteiger partial charge in [0.2, 0.25) is 0 Å². The van der Waals surface area contributed by atoms with Gasteiger partial charge in [-0.2, -0.15) is 0 Å². The molecule has 274 valence electrons. The molecule has 1 aromatic carbocycles. The number of nitrogens with one attached hydrogen (secondary N) is 1. The van der Waals surface area contributed by atoms with Gasteiger partial charge < -0.3 is 10.4 Å². The summed E-state index contributed by atoms with van der Waals surface area (Å²) in [6, 6.07) is 18.2. The number of nitrogens with zero attached hydrogens (tertiary/aromatic N) is 2. The average Bonchev–Trinajstić information content (AvgIpc) is 3.14. The zero-order valence-corrected chi connectivity index (χ0v) is 31.0. The van der Waals surface area contributed by atoms with Gasteiger partial charge in [-0.1, -0.05) is 151 Å². The average molecular weight is 682 g/mol. The Morgan fingerprint density at radius 3 is 1.68 bits per heavy atom. The molecule has 0 bridgehead atoms. The highest BCUT2D eigenvalue weighted by Crippen LogP contribution is 2.25. The van der Waals surface area contributed by atoms with Gasteiger partial charge >= 0.3 is 5.97 Å². The van der Waals surface area contributed by atoms with Crippen molar-refractivity contribution in [3.63, 3.8) is 0 Å². The molecule has 3 rings (SSSR count). The molecule has 0 aliphatic heterocycles. The van der Waals surface area contributed by atoms with Crippen molar-refractivity contribution >= 4 is 5.97 Å². The van der Waals surface area contributed by atoms with Crippen LogP contribution in [0.1, 0.15) is 157 Å². The van der Waals surface area contributed by atoms with Crippen molar-refractivity contribution in [3.05, 3.63) is 108 Å². The number of aliphatic carboxylic acids is 1. The van der Waals surface area contributed by atoms with Crippen molar-refractivity contribution in [1.82, 2.24) is 15.3 Å². The molecular formula is C45H67N3O2. The molecule has 0 amide bonds. The lowest BCUT2D eigenvalue weighted by Crippen LogP contribution is -2.39. The van der Waals surface area contributed by atoms with Crippen LogP contribution >= 0.6 is 0 Å². The third kappa shape index (κ3) is 19.8. The molecule has 0 aliphatic rings. The summed E-state index contributed by atoms with van der Waals surface area (Å²) in [4.78, 5) is 20.9. The van der Waals surface area contributed by atoms with Crippen LogP contribution in [0.2, 0.25) is 0 Å². The van der Waals surface area contributed by atoms with Gasteiger partial charge in [0, 0.05) is 30.8 Å². The molecule has 0 unspecified atom stereocenters. The van der Waals surface area contributed by atoms with Gasteiger partial charge in [-0.15, -0.1) is 0 Å². The maximum absolute atomic E-state index is 12.5. The van der Waals surface area contributed by atoms with Crippen LogP contribution in [0.3, 0.4) is 0 Å². The Hall–Kier alpha value is -3.31. The fourth-order valence-corrected chi connectivity index (χ4v) is 7.01. The number of carboxylic acid groups (broad SMARTS) is 1. The Kier molecular flexibility index (Phi) is 23.3. The number of unbranched alkanes of at least 4 members (excludes halogenated alkanes) is 17. The summed E-state index contributed by atoms with van der Waals surface area (Å²) in [5.74, 6) is -1.21. The van der Waals surface area contributed by atoms with Crippen LogP contribution in [-0.2, 0) is 17.6 Å². The Morgan fingerprint density at radius 1 is 0.580 bits per heavy atom. The molecule has 5 nitrogen and oxygen atoms in total. The summed E-state index contributed by atoms with van der Waals surface area (Å²) in [6.07, 6.45) is 40.6. The minimum absolute atomic E-state index is 0.0239. The normalized spacial score (nSPS) is 12.7. The summed E-state index contributed by atoms with van der Waals surface area (Å²) in [5.41, 5.74) is 3.58. The fourth-order valence-electron chi connectivity index (χ4n) is 7.01. The van der Waals surface area contributed by atoms with E-state index in [9.17, 15) is 9.90 Å². The Labute approximate surface area is 304 Å². The van der Waals surface area contributed by atoms with Gasteiger partial charge in [-0.25, -0.2) is 0 Å². The first kappa shape index (κ1) is 41.1. The van der Waals surface area contributed by atoms with Crippen LogP contribution in [-0.4, -0.2) is 33.6 Å². The molecule has 50 heavy (non-hydrogen) atoms. The Morgan fingerprint density at radius 2 is 1.10 bits per heavy atom. The lowest BCUT2D eigenvalue weighted by Gasteiger charge is -2.26. The summed E-state index contributed by atoms with van der Waals surface area (Å²) in [6.45, 7) is 0.901. The van der Waals surface area contributed by atoms with E-state index in [0.717, 1.165) is 50.6 Å². The number of carboxylic acids is 1. The van der Waals surface area contributed by atoms with Crippen molar-refractivity contribution in [1.29, 1.82) is 0 Å². The standard InChI is InChI=1S/C45H67N3O2/c49-45(50)44(42-32-22-19-23-33-42)43(34-24-17-13-9-5-1-3-7-11-15-20-28-40-30-26-35-46-38-40)48-37-25-18-14-10-6-2-4-8-12-16-21-29-41-31-27-36-47-39-41/h11,15,19,22-23,26-27,30-33,35-36,38-39,43-44,48H,1-10,12-14,16-18,20-21,24-25,28-29,34,37H2,(H,49,50)/b15-11-/t43-,44+/m1/s1. The molecule has 5 heteroatoms. The summed E-state index contributed by atoms with van der Waals surface area (Å²) in [5, 5.41) is 13.9. The van der Waals surface area contributed by atoms with Crippen molar-refractivity contribution in [3.8, 4) is 0 Å². The third-order valence-corrected chi connectivity index (χ3v) is 9.97. The third-order valence-electron chi connectivity index (χ3n) is 9.97. The molecule has 2 heterocycles. The number of allylic oxidation sites excluding steroid dienone is 2. The highest BCUT2D eigenvalue weighted by Gasteiger charge is 2.29. The number of rotatable bonds is 31. The number of benzene rings is 1. The van der Waals surface area contributed by atoms with Crippen LogP contribution < -0.4 is 5.32 Å². The number of aromatic nitrogens is 2. The van der Waals surface area contributed by atoms with Gasteiger partial charge in [-0.05, 0) is 86.7 Å². The smallest absolute Gasteiger partial charge is 0.312 e. The van der Waals surface area contributed by atoms with Gasteiger partial charge in [0.25, 0.3) is 0 Å². The van der Waals surface area contributed by atoms with Crippen molar-refractivity contribution in [2.75, 3.05) is 6.54 Å². The van der Waals surface area contributed by atoms with E-state index in [1.54, 1.807) is 0 Å². The molecule has 0 fully saturated rings. The minimum Gasteiger partial charge on any atom is -0.481 e. The van der Waals surface area contributed by atoms with Crippen molar-refractivity contribution in [2.45, 2.75) is 160 Å². The maximum atomic E-state index is 12.5. The molecule has 0 saturated carbocycles. The van der Waals surface area contributed by atoms with E-state index in [1.807, 2.05) is 67.3 Å². The zero-order valence-electron chi connectivity index (χ0n) is 31.0. The number of pyridine rings is 2. The second kappa shape index (κ2) is 28.4. The van der Waals surface area contributed by atoms with Gasteiger partial charge in [0.05, 0.1) is 5.92 Å². The summed E-state index contributed by atoms with van der Waals surface area (Å²) in [7, 11) is 0. The van der Waals surface area contributed by atoms with Crippen molar-refractivity contribution in [2.24, 2.45) is 0 Å². The molecule has 0 saturated heterocycles. The molecule has 2 N–H and O–H groups in total. The van der Waals surface area contributed by atoms with Crippen LogP contribution in [0.15, 0.2) is 91.5 Å². The molecule has 2 atom stereocenters. The number of carbonyl (C=O) groups is 1. The van der Waals surface area contributed by atoms with E-state index in [-0.39, 0.29) is 6.04 Å². The maximum Gasteiger partial charge on any atom is 0.312 e. The number of hydrogen-bond donors (Lipinski definition) is 2. The molecular weight excluding hydrogens is 615 g/mol. The van der Waals surface area contributed by atoms with Gasteiger partial charge in [0.1, 0.15) is 0 Å². The lowest BCUT2D eigenvalue weighted by molar-refractivity contribution is -0.139. The van der Waals surface area contributed by atoms with Crippen molar-refractivity contribution < 1.29 is 9.90 Å². The monoisotopic (exact) mass is 682 g/mol. The first-order valence-electron chi connectivity index (χ1n) is 20.2. The highest BCUT2D eigenvalue weighted by atomic mass is 16.4. The van der Waals surface area contributed by atoms with Crippen LogP contribution in [0.4, 0.5) is 0 Å². The summed E-state index contributed by atoms with van der Waals surface area (Å²) >= 11 is 0. The largest absolute Gasteiger partial charge is 0.481 e. The second-order valence-corrected chi connectivity index (χ2v) is 14.2. The Balaban J connectivity index is 1.20. The molecule has 0 radical (unpaired) electrons. The molecule has 2 aromatic heterocycles. The predicted octanol–water partition coefficient (Wildman–Crippen LogP) is 11.8. The van der Waals surface area contributed by atoms with Crippen LogP contribution in [0.5, 0.6) is 0 Å². The topological polar surface area (TPSA) is 75.1 Å². The van der Waals surface area contributed by atoms with E-state index in [0.29, 0.717) is 0 Å². The fraction of sp³-hybridized carbons (Fsp3) is 0.578. The first-order chi connectivity index (χ1) is 24.7. The second-order valence-electron chi connectivity index (χ2n) is 14.2.